The predicted molar refractivity (Wildman–Crippen MR) is 119 cm³/mol. The van der Waals surface area contributed by atoms with E-state index in [1.807, 2.05) is 57.5 Å². The average molecular weight is 389 g/mol. The number of benzene rings is 2. The first kappa shape index (κ1) is 20.4. The average Bonchev–Trinajstić information content (AvgIpc) is 3.19. The number of rotatable bonds is 8. The summed E-state index contributed by atoms with van der Waals surface area (Å²) in [5.74, 6) is 0.637. The van der Waals surface area contributed by atoms with Crippen molar-refractivity contribution in [3.8, 4) is 28.1 Å². The molecule has 0 fully saturated rings. The monoisotopic (exact) mass is 389 g/mol. The van der Waals surface area contributed by atoms with Crippen molar-refractivity contribution in [2.45, 2.75) is 6.92 Å². The summed E-state index contributed by atoms with van der Waals surface area (Å²) in [6, 6.07) is 16.2. The van der Waals surface area contributed by atoms with Crippen LogP contribution in [-0.4, -0.2) is 43.0 Å². The van der Waals surface area contributed by atoms with Crippen molar-refractivity contribution in [1.82, 2.24) is 9.88 Å². The van der Waals surface area contributed by atoms with Crippen LogP contribution in [0.4, 0.5) is 5.69 Å². The molecule has 0 aliphatic rings. The molecule has 0 spiro atoms. The number of aromatic amines is 1. The molecule has 29 heavy (non-hydrogen) atoms. The number of ether oxygens (including phenoxy) is 1. The summed E-state index contributed by atoms with van der Waals surface area (Å²) in [7, 11) is 4.05. The SMILES string of the molecule is C=CC(=O)Nc1cc(-c2cc[nH]c2-c2ccc(OCCN(C)C)cc2)ccc1C. The second-order valence-corrected chi connectivity index (χ2v) is 7.17. The van der Waals surface area contributed by atoms with Crippen LogP contribution in [0.5, 0.6) is 5.75 Å². The standard InChI is InChI=1S/C24H27N3O2/c1-5-23(28)26-22-16-19(7-6-17(22)2)21-12-13-25-24(21)18-8-10-20(11-9-18)29-15-14-27(3)4/h5-13,16,25H,1,14-15H2,2-4H3,(H,26,28). The summed E-state index contributed by atoms with van der Waals surface area (Å²) in [5.41, 5.74) is 5.97. The van der Waals surface area contributed by atoms with E-state index in [2.05, 4.69) is 40.0 Å². The normalized spacial score (nSPS) is 10.8. The molecule has 2 aromatic carbocycles. The Hall–Kier alpha value is -3.31. The minimum absolute atomic E-state index is 0.218. The maximum atomic E-state index is 11.7. The topological polar surface area (TPSA) is 57.4 Å². The Morgan fingerprint density at radius 2 is 1.86 bits per heavy atom. The van der Waals surface area contributed by atoms with E-state index in [0.29, 0.717) is 6.61 Å². The lowest BCUT2D eigenvalue weighted by molar-refractivity contribution is -0.111. The molecule has 3 aromatic rings. The molecule has 0 aliphatic carbocycles. The van der Waals surface area contributed by atoms with Crippen molar-refractivity contribution in [2.24, 2.45) is 0 Å². The number of hydrogen-bond donors (Lipinski definition) is 2. The molecule has 3 rings (SSSR count). The van der Waals surface area contributed by atoms with Crippen LogP contribution in [0.25, 0.3) is 22.4 Å². The van der Waals surface area contributed by atoms with E-state index in [0.717, 1.165) is 45.9 Å². The molecule has 0 aliphatic heterocycles. The first-order chi connectivity index (χ1) is 14.0. The van der Waals surface area contributed by atoms with Gasteiger partial charge in [0.25, 0.3) is 0 Å². The molecule has 0 saturated heterocycles. The summed E-state index contributed by atoms with van der Waals surface area (Å²) in [5, 5.41) is 2.87. The molecule has 1 aromatic heterocycles. The van der Waals surface area contributed by atoms with Crippen LogP contribution in [0, 0.1) is 6.92 Å². The van der Waals surface area contributed by atoms with Crippen LogP contribution in [0.2, 0.25) is 0 Å². The third-order valence-corrected chi connectivity index (χ3v) is 4.69. The van der Waals surface area contributed by atoms with Gasteiger partial charge in [0.1, 0.15) is 12.4 Å². The first-order valence-corrected chi connectivity index (χ1v) is 9.57. The Labute approximate surface area is 172 Å². The summed E-state index contributed by atoms with van der Waals surface area (Å²) in [4.78, 5) is 17.1. The molecular weight excluding hydrogens is 362 g/mol. The number of aryl methyl sites for hydroxylation is 1. The number of nitrogens with one attached hydrogen (secondary N) is 2. The van der Waals surface area contributed by atoms with Crippen LogP contribution in [-0.2, 0) is 4.79 Å². The molecule has 150 valence electrons. The number of H-pyrrole nitrogens is 1. The van der Waals surface area contributed by atoms with Crippen molar-refractivity contribution in [2.75, 3.05) is 32.6 Å². The fourth-order valence-electron chi connectivity index (χ4n) is 3.02. The zero-order chi connectivity index (χ0) is 20.8. The second-order valence-electron chi connectivity index (χ2n) is 7.17. The zero-order valence-corrected chi connectivity index (χ0v) is 17.2. The van der Waals surface area contributed by atoms with E-state index >= 15 is 0 Å². The lowest BCUT2D eigenvalue weighted by Gasteiger charge is -2.12. The van der Waals surface area contributed by atoms with Crippen LogP contribution in [0.3, 0.4) is 0 Å². The number of carbonyl (C=O) groups is 1. The number of aromatic nitrogens is 1. The van der Waals surface area contributed by atoms with Crippen molar-refractivity contribution in [3.05, 3.63) is 72.9 Å². The maximum Gasteiger partial charge on any atom is 0.247 e. The molecule has 0 bridgehead atoms. The Kier molecular flexibility index (Phi) is 6.52. The van der Waals surface area contributed by atoms with Gasteiger partial charge in [-0.2, -0.15) is 0 Å². The quantitative estimate of drug-likeness (QED) is 0.548. The molecule has 2 N–H and O–H groups in total. The van der Waals surface area contributed by atoms with Crippen LogP contribution in [0.1, 0.15) is 5.56 Å². The Morgan fingerprint density at radius 1 is 1.14 bits per heavy atom. The summed E-state index contributed by atoms with van der Waals surface area (Å²) in [6.07, 6.45) is 3.20. The molecular formula is C24H27N3O2. The lowest BCUT2D eigenvalue weighted by atomic mass is 9.99. The van der Waals surface area contributed by atoms with Crippen molar-refractivity contribution in [3.63, 3.8) is 0 Å². The van der Waals surface area contributed by atoms with Gasteiger partial charge >= 0.3 is 0 Å². The fourth-order valence-corrected chi connectivity index (χ4v) is 3.02. The van der Waals surface area contributed by atoms with Gasteiger partial charge in [0.05, 0.1) is 5.69 Å². The van der Waals surface area contributed by atoms with Crippen molar-refractivity contribution < 1.29 is 9.53 Å². The summed E-state index contributed by atoms with van der Waals surface area (Å²) >= 11 is 0. The second kappa shape index (κ2) is 9.26. The number of carbonyl (C=O) groups excluding carboxylic acids is 1. The van der Waals surface area contributed by atoms with Gasteiger partial charge in [0.2, 0.25) is 5.91 Å². The zero-order valence-electron chi connectivity index (χ0n) is 17.2. The van der Waals surface area contributed by atoms with Crippen molar-refractivity contribution in [1.29, 1.82) is 0 Å². The Balaban J connectivity index is 1.83. The third kappa shape index (κ3) is 5.15. The van der Waals surface area contributed by atoms with Crippen LogP contribution < -0.4 is 10.1 Å². The number of hydrogen-bond acceptors (Lipinski definition) is 3. The van der Waals surface area contributed by atoms with Gasteiger partial charge in [-0.3, -0.25) is 4.79 Å². The van der Waals surface area contributed by atoms with Crippen LogP contribution >= 0.6 is 0 Å². The van der Waals surface area contributed by atoms with Gasteiger partial charge in [0, 0.05) is 24.0 Å². The number of anilines is 1. The first-order valence-electron chi connectivity index (χ1n) is 9.57. The Morgan fingerprint density at radius 3 is 2.55 bits per heavy atom. The van der Waals surface area contributed by atoms with Gasteiger partial charge < -0.3 is 19.9 Å². The van der Waals surface area contributed by atoms with Gasteiger partial charge in [-0.15, -0.1) is 0 Å². The van der Waals surface area contributed by atoms with E-state index in [1.54, 1.807) is 0 Å². The largest absolute Gasteiger partial charge is 0.492 e. The van der Waals surface area contributed by atoms with E-state index in [-0.39, 0.29) is 5.91 Å². The number of likely N-dealkylation sites (N-methyl/N-ethyl adjacent to an activating group) is 1. The highest BCUT2D eigenvalue weighted by atomic mass is 16.5. The van der Waals surface area contributed by atoms with E-state index in [1.165, 1.54) is 6.08 Å². The molecule has 0 radical (unpaired) electrons. The predicted octanol–water partition coefficient (Wildman–Crippen LogP) is 4.72. The van der Waals surface area contributed by atoms with E-state index in [4.69, 9.17) is 4.74 Å². The van der Waals surface area contributed by atoms with E-state index < -0.39 is 0 Å². The van der Waals surface area contributed by atoms with Gasteiger partial charge in [-0.05, 0) is 80.2 Å². The van der Waals surface area contributed by atoms with Gasteiger partial charge in [0.15, 0.2) is 0 Å². The van der Waals surface area contributed by atoms with Crippen molar-refractivity contribution >= 4 is 11.6 Å². The Bertz CT molecular complexity index is 988. The lowest BCUT2D eigenvalue weighted by Crippen LogP contribution is -2.19. The number of amides is 1. The molecule has 0 saturated carbocycles. The summed E-state index contributed by atoms with van der Waals surface area (Å²) < 4.78 is 5.78. The third-order valence-electron chi connectivity index (χ3n) is 4.69. The molecule has 1 heterocycles. The fraction of sp³-hybridized carbons (Fsp3) is 0.208. The molecule has 1 amide bonds. The molecule has 0 unspecified atom stereocenters. The highest BCUT2D eigenvalue weighted by Gasteiger charge is 2.11. The highest BCUT2D eigenvalue weighted by Crippen LogP contribution is 2.34. The van der Waals surface area contributed by atoms with Gasteiger partial charge in [-0.1, -0.05) is 18.7 Å². The molecule has 5 heteroatoms. The number of nitrogens with zero attached hydrogens (tertiary/aromatic N) is 1. The summed E-state index contributed by atoms with van der Waals surface area (Å²) in [6.45, 7) is 7.02. The minimum atomic E-state index is -0.218. The molecule has 0 atom stereocenters. The maximum absolute atomic E-state index is 11.7. The van der Waals surface area contributed by atoms with Gasteiger partial charge in [-0.25, -0.2) is 0 Å². The van der Waals surface area contributed by atoms with Crippen LogP contribution in [0.15, 0.2) is 67.4 Å². The van der Waals surface area contributed by atoms with E-state index in [9.17, 15) is 4.79 Å². The smallest absolute Gasteiger partial charge is 0.247 e. The highest BCUT2D eigenvalue weighted by molar-refractivity contribution is 6.00. The minimum Gasteiger partial charge on any atom is -0.492 e. The molecule has 5 nitrogen and oxygen atoms in total.